The van der Waals surface area contributed by atoms with Crippen molar-refractivity contribution in [3.05, 3.63) is 0 Å². The Morgan fingerprint density at radius 1 is 1.00 bits per heavy atom. The summed E-state index contributed by atoms with van der Waals surface area (Å²) in [7, 11) is 2.26. The van der Waals surface area contributed by atoms with Gasteiger partial charge in [0.25, 0.3) is 0 Å². The molecule has 4 aliphatic rings. The van der Waals surface area contributed by atoms with E-state index in [1.165, 1.54) is 51.5 Å². The number of amides is 1. The zero-order valence-corrected chi connectivity index (χ0v) is 15.2. The van der Waals surface area contributed by atoms with Crippen LogP contribution in [-0.2, 0) is 4.79 Å². The highest BCUT2D eigenvalue weighted by Gasteiger charge is 2.42. The smallest absolute Gasteiger partial charge is 0.239 e. The lowest BCUT2D eigenvalue weighted by Crippen LogP contribution is -2.56. The van der Waals surface area contributed by atoms with Crippen LogP contribution >= 0.6 is 12.4 Å². The summed E-state index contributed by atoms with van der Waals surface area (Å²) in [6, 6.07) is 1.46. The normalized spacial score (nSPS) is 40.9. The second-order valence-corrected chi connectivity index (χ2v) is 8.13. The van der Waals surface area contributed by atoms with Crippen molar-refractivity contribution in [2.75, 3.05) is 26.7 Å². The fraction of sp³-hybridized carbons (Fsp3) is 0.944. The van der Waals surface area contributed by atoms with E-state index in [1.807, 2.05) is 0 Å². The number of carbonyl (C=O) groups excluding carboxylic acids is 1. The Morgan fingerprint density at radius 3 is 2.61 bits per heavy atom. The molecule has 0 bridgehead atoms. The summed E-state index contributed by atoms with van der Waals surface area (Å²) < 4.78 is 0. The van der Waals surface area contributed by atoms with E-state index in [-0.39, 0.29) is 18.4 Å². The maximum Gasteiger partial charge on any atom is 0.239 e. The van der Waals surface area contributed by atoms with Crippen LogP contribution in [0.4, 0.5) is 0 Å². The molecule has 0 aromatic heterocycles. The number of nitrogens with one attached hydrogen (secondary N) is 1. The number of fused-ring (bicyclic) bond motifs is 2. The van der Waals surface area contributed by atoms with Crippen molar-refractivity contribution < 1.29 is 4.79 Å². The van der Waals surface area contributed by atoms with E-state index in [4.69, 9.17) is 0 Å². The summed E-state index contributed by atoms with van der Waals surface area (Å²) in [6.07, 6.45) is 10.2. The molecule has 132 valence electrons. The van der Waals surface area contributed by atoms with Crippen molar-refractivity contribution in [1.29, 1.82) is 0 Å². The molecular weight excluding hydrogens is 310 g/mol. The predicted molar refractivity (Wildman–Crippen MR) is 94.9 cm³/mol. The van der Waals surface area contributed by atoms with Crippen LogP contribution in [0.5, 0.6) is 0 Å². The summed E-state index contributed by atoms with van der Waals surface area (Å²) in [6.45, 7) is 3.21. The molecule has 1 aliphatic carbocycles. The molecule has 0 radical (unpaired) electrons. The van der Waals surface area contributed by atoms with Crippen LogP contribution in [0.15, 0.2) is 0 Å². The number of halogens is 1. The molecule has 5 atom stereocenters. The Kier molecular flexibility index (Phi) is 5.54. The maximum absolute atomic E-state index is 12.9. The number of likely N-dealkylation sites (tertiary alicyclic amines) is 2. The standard InChI is InChI=1S/C18H31N3O.ClH/c1-20-9-4-6-14-12-21(10-8-17(14)20)18(22)16-11-13-5-2-3-7-15(13)19-16;/h13-17,19H,2-12H2,1H3;1H. The quantitative estimate of drug-likeness (QED) is 0.794. The first-order chi connectivity index (χ1) is 10.7. The van der Waals surface area contributed by atoms with Gasteiger partial charge in [0.05, 0.1) is 6.04 Å². The van der Waals surface area contributed by atoms with Crippen LogP contribution in [0.25, 0.3) is 0 Å². The lowest BCUT2D eigenvalue weighted by Gasteiger charge is -2.46. The van der Waals surface area contributed by atoms with Crippen LogP contribution in [-0.4, -0.2) is 60.5 Å². The minimum absolute atomic E-state index is 0. The second-order valence-electron chi connectivity index (χ2n) is 8.13. The van der Waals surface area contributed by atoms with E-state index >= 15 is 0 Å². The predicted octanol–water partition coefficient (Wildman–Crippen LogP) is 2.27. The molecule has 4 fully saturated rings. The average molecular weight is 342 g/mol. The largest absolute Gasteiger partial charge is 0.341 e. The molecule has 3 heterocycles. The van der Waals surface area contributed by atoms with E-state index in [0.29, 0.717) is 17.9 Å². The number of rotatable bonds is 1. The summed E-state index contributed by atoms with van der Waals surface area (Å²) >= 11 is 0. The van der Waals surface area contributed by atoms with Gasteiger partial charge in [-0.05, 0) is 64.0 Å². The number of piperidine rings is 2. The molecule has 4 rings (SSSR count). The van der Waals surface area contributed by atoms with Crippen molar-refractivity contribution in [2.45, 2.75) is 69.5 Å². The Bertz CT molecular complexity index is 418. The molecule has 23 heavy (non-hydrogen) atoms. The average Bonchev–Trinajstić information content (AvgIpc) is 2.98. The molecule has 5 unspecified atom stereocenters. The lowest BCUT2D eigenvalue weighted by atomic mass is 9.83. The Hall–Kier alpha value is -0.320. The summed E-state index contributed by atoms with van der Waals surface area (Å²) in [5.74, 6) is 1.88. The zero-order chi connectivity index (χ0) is 15.1. The van der Waals surface area contributed by atoms with Gasteiger partial charge in [-0.1, -0.05) is 12.8 Å². The first-order valence-corrected chi connectivity index (χ1v) is 9.47. The Labute approximate surface area is 146 Å². The Balaban J connectivity index is 0.00000156. The molecule has 3 aliphatic heterocycles. The first kappa shape index (κ1) is 17.5. The van der Waals surface area contributed by atoms with Crippen molar-refractivity contribution in [3.8, 4) is 0 Å². The topological polar surface area (TPSA) is 35.6 Å². The third-order valence-corrected chi connectivity index (χ3v) is 6.82. The van der Waals surface area contributed by atoms with Crippen LogP contribution in [0, 0.1) is 11.8 Å². The van der Waals surface area contributed by atoms with Gasteiger partial charge in [0, 0.05) is 25.2 Å². The molecule has 3 saturated heterocycles. The molecule has 5 heteroatoms. The van der Waals surface area contributed by atoms with Gasteiger partial charge >= 0.3 is 0 Å². The van der Waals surface area contributed by atoms with Crippen LogP contribution in [0.3, 0.4) is 0 Å². The third-order valence-electron chi connectivity index (χ3n) is 6.82. The monoisotopic (exact) mass is 341 g/mol. The van der Waals surface area contributed by atoms with Gasteiger partial charge < -0.3 is 15.1 Å². The zero-order valence-electron chi connectivity index (χ0n) is 14.4. The van der Waals surface area contributed by atoms with Crippen molar-refractivity contribution >= 4 is 18.3 Å². The van der Waals surface area contributed by atoms with Gasteiger partial charge in [0.15, 0.2) is 0 Å². The van der Waals surface area contributed by atoms with Crippen molar-refractivity contribution in [3.63, 3.8) is 0 Å². The fourth-order valence-electron chi connectivity index (χ4n) is 5.58. The molecule has 0 aromatic carbocycles. The third kappa shape index (κ3) is 3.40. The molecule has 0 spiro atoms. The minimum atomic E-state index is 0. The highest BCUT2D eigenvalue weighted by molar-refractivity contribution is 5.85. The lowest BCUT2D eigenvalue weighted by molar-refractivity contribution is -0.136. The van der Waals surface area contributed by atoms with E-state index in [1.54, 1.807) is 0 Å². The molecule has 1 N–H and O–H groups in total. The highest BCUT2D eigenvalue weighted by Crippen LogP contribution is 2.35. The van der Waals surface area contributed by atoms with E-state index < -0.39 is 0 Å². The summed E-state index contributed by atoms with van der Waals surface area (Å²) in [4.78, 5) is 17.7. The molecule has 4 nitrogen and oxygen atoms in total. The van der Waals surface area contributed by atoms with Crippen molar-refractivity contribution in [1.82, 2.24) is 15.1 Å². The SMILES string of the molecule is CN1CCCC2CN(C(=O)C3CC4CCCCC4N3)CCC21.Cl. The number of hydrogen-bond donors (Lipinski definition) is 1. The number of carbonyl (C=O) groups is 1. The van der Waals surface area contributed by atoms with E-state index in [2.05, 4.69) is 22.2 Å². The number of hydrogen-bond acceptors (Lipinski definition) is 3. The van der Waals surface area contributed by atoms with Gasteiger partial charge in [-0.2, -0.15) is 0 Å². The second kappa shape index (κ2) is 7.28. The van der Waals surface area contributed by atoms with Crippen LogP contribution < -0.4 is 5.32 Å². The van der Waals surface area contributed by atoms with Gasteiger partial charge in [-0.15, -0.1) is 12.4 Å². The highest BCUT2D eigenvalue weighted by atomic mass is 35.5. The van der Waals surface area contributed by atoms with Crippen LogP contribution in [0.2, 0.25) is 0 Å². The van der Waals surface area contributed by atoms with Gasteiger partial charge in [-0.3, -0.25) is 4.79 Å². The Morgan fingerprint density at radius 2 is 1.78 bits per heavy atom. The molecule has 1 amide bonds. The molecule has 1 saturated carbocycles. The van der Waals surface area contributed by atoms with Crippen LogP contribution in [0.1, 0.15) is 51.4 Å². The first-order valence-electron chi connectivity index (χ1n) is 9.47. The van der Waals surface area contributed by atoms with E-state index in [9.17, 15) is 4.79 Å². The summed E-state index contributed by atoms with van der Waals surface area (Å²) in [5.41, 5.74) is 0. The van der Waals surface area contributed by atoms with Gasteiger partial charge in [-0.25, -0.2) is 0 Å². The fourth-order valence-corrected chi connectivity index (χ4v) is 5.58. The molecule has 0 aromatic rings. The minimum Gasteiger partial charge on any atom is -0.341 e. The number of nitrogens with zero attached hydrogens (tertiary/aromatic N) is 2. The summed E-state index contributed by atoms with van der Waals surface area (Å²) in [5, 5.41) is 3.67. The van der Waals surface area contributed by atoms with Crippen molar-refractivity contribution in [2.24, 2.45) is 11.8 Å². The van der Waals surface area contributed by atoms with E-state index in [0.717, 1.165) is 31.5 Å². The maximum atomic E-state index is 12.9. The molecular formula is C18H32ClN3O. The van der Waals surface area contributed by atoms with Gasteiger partial charge in [0.2, 0.25) is 5.91 Å². The van der Waals surface area contributed by atoms with Gasteiger partial charge in [0.1, 0.15) is 0 Å².